The number of hydrogen-bond acceptors (Lipinski definition) is 4. The molecule has 1 unspecified atom stereocenters. The molecule has 5 rings (SSSR count). The zero-order valence-electron chi connectivity index (χ0n) is 13.3. The van der Waals surface area contributed by atoms with E-state index in [1.54, 1.807) is 48.5 Å². The molecule has 0 saturated heterocycles. The van der Waals surface area contributed by atoms with Crippen LogP contribution in [-0.4, -0.2) is 16.7 Å². The number of carbonyl (C=O) groups is 2. The van der Waals surface area contributed by atoms with Crippen LogP contribution in [0.4, 0.5) is 0 Å². The van der Waals surface area contributed by atoms with E-state index < -0.39 is 4.83 Å². The molecule has 0 bridgehead atoms. The summed E-state index contributed by atoms with van der Waals surface area (Å²) in [5.74, 6) is 0.190. The smallest absolute Gasteiger partial charge is 0.229 e. The van der Waals surface area contributed by atoms with Crippen molar-refractivity contribution >= 4 is 38.3 Å². The summed E-state index contributed by atoms with van der Waals surface area (Å²) in [6.45, 7) is 0. The number of Topliss-reactive ketones (excluding diaryl/α,β-unsaturated/α-hetero) is 2. The standard InChI is InChI=1S/C21H11BrO4/c22-18-16-14-9-11(23)7-5-10(14)6-8-15(16)26-21-17(18)19(24)12-3-1-2-4-13(12)20(21)25/h1-9,18,23H. The predicted molar refractivity (Wildman–Crippen MR) is 100 cm³/mol. The van der Waals surface area contributed by atoms with Crippen molar-refractivity contribution in [3.8, 4) is 11.5 Å². The molecule has 26 heavy (non-hydrogen) atoms. The Morgan fingerprint density at radius 1 is 0.923 bits per heavy atom. The van der Waals surface area contributed by atoms with E-state index in [0.29, 0.717) is 22.4 Å². The molecular formula is C21H11BrO4. The average Bonchev–Trinajstić information content (AvgIpc) is 2.65. The monoisotopic (exact) mass is 406 g/mol. The van der Waals surface area contributed by atoms with E-state index in [9.17, 15) is 14.7 Å². The number of halogens is 1. The van der Waals surface area contributed by atoms with Gasteiger partial charge in [-0.3, -0.25) is 9.59 Å². The number of phenolic OH excluding ortho intramolecular Hbond substituents is 1. The average molecular weight is 407 g/mol. The zero-order valence-corrected chi connectivity index (χ0v) is 14.9. The van der Waals surface area contributed by atoms with Crippen molar-refractivity contribution in [2.45, 2.75) is 4.83 Å². The molecule has 3 aromatic rings. The molecule has 2 aliphatic rings. The molecule has 5 heteroatoms. The Morgan fingerprint density at radius 2 is 1.62 bits per heavy atom. The third-order valence-corrected chi connectivity index (χ3v) is 5.75. The predicted octanol–water partition coefficient (Wildman–Crippen LogP) is 4.71. The van der Waals surface area contributed by atoms with Crippen LogP contribution in [0, 0.1) is 0 Å². The van der Waals surface area contributed by atoms with E-state index in [2.05, 4.69) is 15.9 Å². The first-order valence-corrected chi connectivity index (χ1v) is 8.98. The van der Waals surface area contributed by atoms with Crippen molar-refractivity contribution in [1.29, 1.82) is 0 Å². The fourth-order valence-electron chi connectivity index (χ4n) is 3.62. The minimum absolute atomic E-state index is 0.0718. The van der Waals surface area contributed by atoms with Gasteiger partial charge in [0.15, 0.2) is 11.5 Å². The molecule has 126 valence electrons. The highest BCUT2D eigenvalue weighted by Crippen LogP contribution is 2.49. The van der Waals surface area contributed by atoms with Gasteiger partial charge in [-0.15, -0.1) is 0 Å². The SMILES string of the molecule is O=C1C2=C(C(=O)c3ccccc31)C(Br)c1c(ccc3ccc(O)cc13)O2. The van der Waals surface area contributed by atoms with Crippen LogP contribution in [-0.2, 0) is 0 Å². The minimum atomic E-state index is -0.503. The Hall–Kier alpha value is -2.92. The fraction of sp³-hybridized carbons (Fsp3) is 0.0476. The molecule has 1 aliphatic carbocycles. The number of rotatable bonds is 0. The summed E-state index contributed by atoms with van der Waals surface area (Å²) >= 11 is 3.60. The van der Waals surface area contributed by atoms with E-state index in [0.717, 1.165) is 16.3 Å². The summed E-state index contributed by atoms with van der Waals surface area (Å²) in [5.41, 5.74) is 1.78. The number of carbonyl (C=O) groups excluding carboxylic acids is 2. The lowest BCUT2D eigenvalue weighted by molar-refractivity contribution is 0.0930. The lowest BCUT2D eigenvalue weighted by Gasteiger charge is -2.30. The summed E-state index contributed by atoms with van der Waals surface area (Å²) in [5, 5.41) is 11.6. The maximum Gasteiger partial charge on any atom is 0.229 e. The third kappa shape index (κ3) is 1.95. The largest absolute Gasteiger partial charge is 0.508 e. The van der Waals surface area contributed by atoms with E-state index >= 15 is 0 Å². The van der Waals surface area contributed by atoms with Gasteiger partial charge in [-0.2, -0.15) is 0 Å². The second-order valence-corrected chi connectivity index (χ2v) is 7.21. The van der Waals surface area contributed by atoms with Crippen molar-refractivity contribution in [1.82, 2.24) is 0 Å². The van der Waals surface area contributed by atoms with Gasteiger partial charge in [0.05, 0.1) is 10.4 Å². The van der Waals surface area contributed by atoms with E-state index in [1.807, 2.05) is 6.07 Å². The summed E-state index contributed by atoms with van der Waals surface area (Å²) < 4.78 is 5.89. The Balaban J connectivity index is 1.77. The van der Waals surface area contributed by atoms with Gasteiger partial charge in [0.25, 0.3) is 0 Å². The fourth-order valence-corrected chi connectivity index (χ4v) is 4.51. The van der Waals surface area contributed by atoms with E-state index in [-0.39, 0.29) is 23.1 Å². The highest BCUT2D eigenvalue weighted by Gasteiger charge is 2.41. The van der Waals surface area contributed by atoms with Crippen molar-refractivity contribution in [3.05, 3.63) is 82.6 Å². The van der Waals surface area contributed by atoms with Crippen molar-refractivity contribution in [3.63, 3.8) is 0 Å². The molecule has 1 N–H and O–H groups in total. The van der Waals surface area contributed by atoms with Crippen LogP contribution in [0.25, 0.3) is 10.8 Å². The van der Waals surface area contributed by atoms with Crippen LogP contribution in [0.1, 0.15) is 31.1 Å². The quantitative estimate of drug-likeness (QED) is 0.549. The van der Waals surface area contributed by atoms with E-state index in [1.165, 1.54) is 0 Å². The van der Waals surface area contributed by atoms with Crippen LogP contribution in [0.15, 0.2) is 65.9 Å². The van der Waals surface area contributed by atoms with Crippen LogP contribution in [0.3, 0.4) is 0 Å². The molecule has 0 spiro atoms. The maximum absolute atomic E-state index is 13.1. The molecule has 1 aliphatic heterocycles. The number of phenols is 1. The molecule has 0 amide bonds. The maximum atomic E-state index is 13.1. The Bertz CT molecular complexity index is 1180. The van der Waals surface area contributed by atoms with Crippen LogP contribution in [0.5, 0.6) is 11.5 Å². The number of alkyl halides is 1. The molecule has 1 heterocycles. The topological polar surface area (TPSA) is 63.6 Å². The van der Waals surface area contributed by atoms with Gasteiger partial charge in [0.2, 0.25) is 5.78 Å². The summed E-state index contributed by atoms with van der Waals surface area (Å²) in [6.07, 6.45) is 0. The molecule has 4 nitrogen and oxygen atoms in total. The third-order valence-electron chi connectivity index (χ3n) is 4.84. The first-order valence-electron chi connectivity index (χ1n) is 8.06. The van der Waals surface area contributed by atoms with Gasteiger partial charge in [0.1, 0.15) is 11.5 Å². The highest BCUT2D eigenvalue weighted by molar-refractivity contribution is 9.09. The number of fused-ring (bicyclic) bond motifs is 4. The molecule has 3 aromatic carbocycles. The number of benzene rings is 3. The second-order valence-electron chi connectivity index (χ2n) is 6.29. The Morgan fingerprint density at radius 3 is 2.38 bits per heavy atom. The minimum Gasteiger partial charge on any atom is -0.508 e. The molecule has 1 atom stereocenters. The number of aromatic hydroxyl groups is 1. The van der Waals surface area contributed by atoms with Crippen molar-refractivity contribution in [2.24, 2.45) is 0 Å². The first-order chi connectivity index (χ1) is 12.6. The van der Waals surface area contributed by atoms with Crippen LogP contribution < -0.4 is 4.74 Å². The van der Waals surface area contributed by atoms with Crippen molar-refractivity contribution in [2.75, 3.05) is 0 Å². The second kappa shape index (κ2) is 5.29. The number of ketones is 2. The lowest BCUT2D eigenvalue weighted by Crippen LogP contribution is -2.29. The lowest BCUT2D eigenvalue weighted by atomic mass is 9.83. The number of allylic oxidation sites excluding steroid dienone is 2. The summed E-state index contributed by atoms with van der Waals surface area (Å²) in [7, 11) is 0. The van der Waals surface area contributed by atoms with Crippen molar-refractivity contribution < 1.29 is 19.4 Å². The Labute approximate surface area is 156 Å². The van der Waals surface area contributed by atoms with Crippen LogP contribution in [0.2, 0.25) is 0 Å². The number of hydrogen-bond donors (Lipinski definition) is 1. The molecule has 0 fully saturated rings. The van der Waals surface area contributed by atoms with Crippen LogP contribution >= 0.6 is 15.9 Å². The summed E-state index contributed by atoms with van der Waals surface area (Å²) in [6, 6.07) is 15.5. The summed E-state index contributed by atoms with van der Waals surface area (Å²) in [4.78, 5) is 25.4. The van der Waals surface area contributed by atoms with Gasteiger partial charge < -0.3 is 9.84 Å². The van der Waals surface area contributed by atoms with E-state index in [4.69, 9.17) is 4.74 Å². The molecule has 0 radical (unpaired) electrons. The van der Waals surface area contributed by atoms with Gasteiger partial charge in [-0.05, 0) is 29.0 Å². The Kier molecular flexibility index (Phi) is 3.12. The van der Waals surface area contributed by atoms with Gasteiger partial charge in [-0.1, -0.05) is 52.3 Å². The van der Waals surface area contributed by atoms with Gasteiger partial charge in [-0.25, -0.2) is 0 Å². The van der Waals surface area contributed by atoms with Gasteiger partial charge >= 0.3 is 0 Å². The first kappa shape index (κ1) is 15.3. The molecule has 0 saturated carbocycles. The highest BCUT2D eigenvalue weighted by atomic mass is 79.9. The normalized spacial score (nSPS) is 18.3. The zero-order chi connectivity index (χ0) is 18.0. The number of ether oxygens (including phenoxy) is 1. The molecule has 0 aromatic heterocycles. The molecular weight excluding hydrogens is 396 g/mol. The van der Waals surface area contributed by atoms with Gasteiger partial charge in [0, 0.05) is 16.7 Å².